The van der Waals surface area contributed by atoms with Gasteiger partial charge in [0.25, 0.3) is 0 Å². The molecule has 0 spiro atoms. The molecule has 100 valence electrons. The molecule has 2 aromatic rings. The van der Waals surface area contributed by atoms with Crippen molar-refractivity contribution in [2.24, 2.45) is 0 Å². The van der Waals surface area contributed by atoms with E-state index >= 15 is 0 Å². The fourth-order valence-electron chi connectivity index (χ4n) is 2.63. The van der Waals surface area contributed by atoms with Gasteiger partial charge < -0.3 is 5.32 Å². The van der Waals surface area contributed by atoms with Crippen LogP contribution in [-0.2, 0) is 6.54 Å². The molecule has 4 heteroatoms. The first kappa shape index (κ1) is 12.4. The lowest BCUT2D eigenvalue weighted by Gasteiger charge is -2.31. The van der Waals surface area contributed by atoms with Gasteiger partial charge in [-0.1, -0.05) is 12.1 Å². The van der Waals surface area contributed by atoms with Gasteiger partial charge in [-0.05, 0) is 30.7 Å². The number of piperazine rings is 1. The molecule has 0 amide bonds. The normalized spacial score (nSPS) is 20.6. The van der Waals surface area contributed by atoms with Gasteiger partial charge in [0.15, 0.2) is 0 Å². The van der Waals surface area contributed by atoms with Crippen molar-refractivity contribution in [1.82, 2.24) is 20.0 Å². The second-order valence-corrected chi connectivity index (χ2v) is 5.21. The zero-order valence-corrected chi connectivity index (χ0v) is 11.3. The Morgan fingerprint density at radius 3 is 3.11 bits per heavy atom. The number of benzene rings is 1. The molecule has 4 nitrogen and oxygen atoms in total. The summed E-state index contributed by atoms with van der Waals surface area (Å²) in [7, 11) is 0. The van der Waals surface area contributed by atoms with Crippen LogP contribution < -0.4 is 5.32 Å². The molecule has 1 aromatic carbocycles. The maximum Gasteiger partial charge on any atom is 0.0648 e. The Balaban J connectivity index is 1.73. The van der Waals surface area contributed by atoms with E-state index in [9.17, 15) is 0 Å². The van der Waals surface area contributed by atoms with Gasteiger partial charge in [0, 0.05) is 44.6 Å². The minimum absolute atomic E-state index is 0.586. The zero-order chi connectivity index (χ0) is 13.1. The molecule has 1 atom stereocenters. The van der Waals surface area contributed by atoms with Crippen LogP contribution in [0.15, 0.2) is 42.7 Å². The molecule has 1 unspecified atom stereocenters. The summed E-state index contributed by atoms with van der Waals surface area (Å²) in [5.41, 5.74) is 2.48. The smallest absolute Gasteiger partial charge is 0.0648 e. The lowest BCUT2D eigenvalue weighted by atomic mass is 10.1. The van der Waals surface area contributed by atoms with Crippen LogP contribution in [0.25, 0.3) is 5.69 Å². The van der Waals surface area contributed by atoms with Gasteiger partial charge in [0.2, 0.25) is 0 Å². The Morgan fingerprint density at radius 1 is 1.37 bits per heavy atom. The fraction of sp³-hybridized carbons (Fsp3) is 0.400. The molecule has 3 rings (SSSR count). The number of hydrogen-bond donors (Lipinski definition) is 1. The van der Waals surface area contributed by atoms with E-state index in [0.717, 1.165) is 31.9 Å². The molecular weight excluding hydrogens is 236 g/mol. The Labute approximate surface area is 114 Å². The van der Waals surface area contributed by atoms with E-state index in [-0.39, 0.29) is 0 Å². The molecule has 1 aliphatic heterocycles. The van der Waals surface area contributed by atoms with Gasteiger partial charge in [0.1, 0.15) is 0 Å². The van der Waals surface area contributed by atoms with Crippen LogP contribution in [0.5, 0.6) is 0 Å². The highest BCUT2D eigenvalue weighted by Gasteiger charge is 2.15. The number of rotatable bonds is 3. The van der Waals surface area contributed by atoms with Crippen molar-refractivity contribution in [3.8, 4) is 5.69 Å². The fourth-order valence-corrected chi connectivity index (χ4v) is 2.63. The SMILES string of the molecule is CC1CN(Cc2cccc(-n3cccn3)c2)CCN1. The molecule has 1 N–H and O–H groups in total. The molecule has 0 bridgehead atoms. The van der Waals surface area contributed by atoms with Gasteiger partial charge in [-0.3, -0.25) is 4.90 Å². The summed E-state index contributed by atoms with van der Waals surface area (Å²) < 4.78 is 1.91. The molecule has 0 aliphatic carbocycles. The summed E-state index contributed by atoms with van der Waals surface area (Å²) in [6.07, 6.45) is 3.79. The standard InChI is InChI=1S/C15H20N4/c1-13-11-18(9-7-16-13)12-14-4-2-5-15(10-14)19-8-3-6-17-19/h2-6,8,10,13,16H,7,9,11-12H2,1H3. The van der Waals surface area contributed by atoms with Crippen molar-refractivity contribution in [3.63, 3.8) is 0 Å². The van der Waals surface area contributed by atoms with E-state index in [1.54, 1.807) is 0 Å². The summed E-state index contributed by atoms with van der Waals surface area (Å²) in [5.74, 6) is 0. The molecule has 2 heterocycles. The van der Waals surface area contributed by atoms with Crippen molar-refractivity contribution in [2.75, 3.05) is 19.6 Å². The first-order chi connectivity index (χ1) is 9.31. The van der Waals surface area contributed by atoms with Crippen molar-refractivity contribution < 1.29 is 0 Å². The summed E-state index contributed by atoms with van der Waals surface area (Å²) in [5, 5.41) is 7.76. The highest BCUT2D eigenvalue weighted by molar-refractivity contribution is 5.35. The molecule has 1 aliphatic rings. The Hall–Kier alpha value is -1.65. The molecule has 0 radical (unpaired) electrons. The van der Waals surface area contributed by atoms with Crippen molar-refractivity contribution >= 4 is 0 Å². The van der Waals surface area contributed by atoms with E-state index in [1.807, 2.05) is 23.1 Å². The van der Waals surface area contributed by atoms with Gasteiger partial charge in [-0.25, -0.2) is 4.68 Å². The van der Waals surface area contributed by atoms with Crippen LogP contribution in [0, 0.1) is 0 Å². The first-order valence-corrected chi connectivity index (χ1v) is 6.86. The second-order valence-electron chi connectivity index (χ2n) is 5.21. The maximum atomic E-state index is 4.28. The molecular formula is C15H20N4. The molecule has 1 saturated heterocycles. The lowest BCUT2D eigenvalue weighted by Crippen LogP contribution is -2.48. The van der Waals surface area contributed by atoms with Crippen LogP contribution in [-0.4, -0.2) is 40.4 Å². The number of nitrogens with zero attached hydrogens (tertiary/aromatic N) is 3. The summed E-state index contributed by atoms with van der Waals surface area (Å²) >= 11 is 0. The maximum absolute atomic E-state index is 4.28. The minimum Gasteiger partial charge on any atom is -0.312 e. The average molecular weight is 256 g/mol. The number of hydrogen-bond acceptors (Lipinski definition) is 3. The predicted octanol–water partition coefficient (Wildman–Crippen LogP) is 1.67. The third-order valence-electron chi connectivity index (χ3n) is 3.54. The van der Waals surface area contributed by atoms with Gasteiger partial charge in [-0.2, -0.15) is 5.10 Å². The van der Waals surface area contributed by atoms with Gasteiger partial charge in [0.05, 0.1) is 5.69 Å². The van der Waals surface area contributed by atoms with Gasteiger partial charge in [-0.15, -0.1) is 0 Å². The topological polar surface area (TPSA) is 33.1 Å². The third kappa shape index (κ3) is 3.03. The van der Waals surface area contributed by atoms with Crippen LogP contribution >= 0.6 is 0 Å². The van der Waals surface area contributed by atoms with E-state index in [1.165, 1.54) is 5.56 Å². The summed E-state index contributed by atoms with van der Waals surface area (Å²) in [6, 6.07) is 11.2. The highest BCUT2D eigenvalue weighted by atomic mass is 15.3. The Kier molecular flexibility index (Phi) is 3.62. The van der Waals surface area contributed by atoms with E-state index in [0.29, 0.717) is 6.04 Å². The molecule has 19 heavy (non-hydrogen) atoms. The zero-order valence-electron chi connectivity index (χ0n) is 11.3. The average Bonchev–Trinajstić information content (AvgIpc) is 2.93. The monoisotopic (exact) mass is 256 g/mol. The largest absolute Gasteiger partial charge is 0.312 e. The van der Waals surface area contributed by atoms with E-state index < -0.39 is 0 Å². The summed E-state index contributed by atoms with van der Waals surface area (Å²) in [6.45, 7) is 6.58. The Morgan fingerprint density at radius 2 is 2.32 bits per heavy atom. The molecule has 1 aromatic heterocycles. The third-order valence-corrected chi connectivity index (χ3v) is 3.54. The van der Waals surface area contributed by atoms with E-state index in [2.05, 4.69) is 46.5 Å². The molecule has 0 saturated carbocycles. The minimum atomic E-state index is 0.586. The predicted molar refractivity (Wildman–Crippen MR) is 76.3 cm³/mol. The van der Waals surface area contributed by atoms with Crippen molar-refractivity contribution in [2.45, 2.75) is 19.5 Å². The van der Waals surface area contributed by atoms with Crippen molar-refractivity contribution in [1.29, 1.82) is 0 Å². The second kappa shape index (κ2) is 5.55. The number of nitrogens with one attached hydrogen (secondary N) is 1. The van der Waals surface area contributed by atoms with Crippen LogP contribution in [0.2, 0.25) is 0 Å². The van der Waals surface area contributed by atoms with Gasteiger partial charge >= 0.3 is 0 Å². The first-order valence-electron chi connectivity index (χ1n) is 6.86. The number of aromatic nitrogens is 2. The van der Waals surface area contributed by atoms with E-state index in [4.69, 9.17) is 0 Å². The van der Waals surface area contributed by atoms with Crippen LogP contribution in [0.4, 0.5) is 0 Å². The quantitative estimate of drug-likeness (QED) is 0.907. The van der Waals surface area contributed by atoms with Crippen molar-refractivity contribution in [3.05, 3.63) is 48.3 Å². The Bertz CT molecular complexity index is 521. The summed E-state index contributed by atoms with van der Waals surface area (Å²) in [4.78, 5) is 2.50. The molecule has 1 fully saturated rings. The van der Waals surface area contributed by atoms with Crippen LogP contribution in [0.3, 0.4) is 0 Å². The lowest BCUT2D eigenvalue weighted by molar-refractivity contribution is 0.199. The highest BCUT2D eigenvalue weighted by Crippen LogP contribution is 2.12. The van der Waals surface area contributed by atoms with Crippen LogP contribution in [0.1, 0.15) is 12.5 Å².